The summed E-state index contributed by atoms with van der Waals surface area (Å²) in [6, 6.07) is 25.4. The Balaban J connectivity index is 1.79. The molecule has 42 heavy (non-hydrogen) atoms. The number of aliphatic hydroxyl groups is 2. The number of amides is 1. The van der Waals surface area contributed by atoms with Gasteiger partial charge >= 0.3 is 5.97 Å². The number of hydrogen-bond acceptors (Lipinski definition) is 4. The number of nitrogens with zero attached hydrogens (tertiary/aromatic N) is 1. The van der Waals surface area contributed by atoms with Crippen LogP contribution in [0.2, 0.25) is 0 Å². The van der Waals surface area contributed by atoms with E-state index in [0.717, 1.165) is 28.1 Å². The van der Waals surface area contributed by atoms with Gasteiger partial charge in [-0.1, -0.05) is 55.5 Å². The lowest BCUT2D eigenvalue weighted by Gasteiger charge is -2.18. The van der Waals surface area contributed by atoms with Gasteiger partial charge in [0.05, 0.1) is 29.9 Å². The van der Waals surface area contributed by atoms with Crippen molar-refractivity contribution in [3.8, 4) is 11.3 Å². The summed E-state index contributed by atoms with van der Waals surface area (Å²) in [5, 5.41) is 32.7. The third-order valence-corrected chi connectivity index (χ3v) is 7.33. The predicted octanol–water partition coefficient (Wildman–Crippen LogP) is 5.87. The summed E-state index contributed by atoms with van der Waals surface area (Å²) in [6.45, 7) is 2.28. The summed E-state index contributed by atoms with van der Waals surface area (Å²) < 4.78 is 16.0. The largest absolute Gasteiger partial charge is 0.481 e. The number of aryl methyl sites for hydroxylation is 1. The van der Waals surface area contributed by atoms with Gasteiger partial charge in [-0.25, -0.2) is 4.39 Å². The Morgan fingerprint density at radius 1 is 0.881 bits per heavy atom. The van der Waals surface area contributed by atoms with Crippen LogP contribution < -0.4 is 5.32 Å². The molecule has 8 heteroatoms. The maximum absolute atomic E-state index is 14.0. The van der Waals surface area contributed by atoms with Crippen LogP contribution in [0.1, 0.15) is 53.4 Å². The highest BCUT2D eigenvalue weighted by Gasteiger charge is 2.28. The molecular formula is C34H37FN2O5. The number of rotatable bonds is 14. The number of carbonyl (C=O) groups is 2. The average Bonchev–Trinajstić information content (AvgIpc) is 3.29. The Morgan fingerprint density at radius 2 is 1.52 bits per heavy atom. The van der Waals surface area contributed by atoms with E-state index in [1.54, 1.807) is 12.1 Å². The summed E-state index contributed by atoms with van der Waals surface area (Å²) in [7, 11) is 0. The molecule has 0 aliphatic heterocycles. The Kier molecular flexibility index (Phi) is 10.6. The van der Waals surface area contributed by atoms with Gasteiger partial charge in [0.25, 0.3) is 5.91 Å². The molecule has 0 bridgehead atoms. The molecule has 0 saturated carbocycles. The van der Waals surface area contributed by atoms with Gasteiger partial charge < -0.3 is 25.2 Å². The molecule has 1 amide bonds. The second-order valence-corrected chi connectivity index (χ2v) is 10.4. The minimum Gasteiger partial charge on any atom is -0.481 e. The van der Waals surface area contributed by atoms with Crippen molar-refractivity contribution in [1.29, 1.82) is 0 Å². The molecule has 2 atom stereocenters. The molecular weight excluding hydrogens is 535 g/mol. The molecule has 1 aromatic heterocycles. The molecule has 0 spiro atoms. The monoisotopic (exact) mass is 572 g/mol. The number of para-hydroxylation sites is 1. The lowest BCUT2D eigenvalue weighted by Crippen LogP contribution is -2.22. The summed E-state index contributed by atoms with van der Waals surface area (Å²) in [5.41, 5.74) is 5.47. The zero-order valence-corrected chi connectivity index (χ0v) is 23.7. The van der Waals surface area contributed by atoms with Gasteiger partial charge in [0, 0.05) is 17.9 Å². The van der Waals surface area contributed by atoms with Crippen LogP contribution >= 0.6 is 0 Å². The Hall–Kier alpha value is -4.27. The van der Waals surface area contributed by atoms with Crippen LogP contribution in [-0.2, 0) is 30.6 Å². The van der Waals surface area contributed by atoms with Gasteiger partial charge in [-0.2, -0.15) is 0 Å². The highest BCUT2D eigenvalue weighted by molar-refractivity contribution is 6.07. The molecule has 220 valence electrons. The molecule has 0 aliphatic rings. The van der Waals surface area contributed by atoms with Crippen LogP contribution in [0.3, 0.4) is 0 Å². The van der Waals surface area contributed by atoms with Gasteiger partial charge in [-0.05, 0) is 85.2 Å². The van der Waals surface area contributed by atoms with Crippen molar-refractivity contribution in [2.75, 3.05) is 5.32 Å². The summed E-state index contributed by atoms with van der Waals surface area (Å²) >= 11 is 0. The van der Waals surface area contributed by atoms with E-state index in [9.17, 15) is 24.2 Å². The lowest BCUT2D eigenvalue weighted by atomic mass is 9.96. The van der Waals surface area contributed by atoms with Crippen molar-refractivity contribution in [1.82, 2.24) is 4.57 Å². The van der Waals surface area contributed by atoms with Crippen LogP contribution in [0, 0.1) is 5.82 Å². The number of aromatic nitrogens is 1. The number of benzene rings is 3. The molecule has 1 heterocycles. The van der Waals surface area contributed by atoms with Gasteiger partial charge in [0.2, 0.25) is 0 Å². The first-order valence-electron chi connectivity index (χ1n) is 14.2. The highest BCUT2D eigenvalue weighted by Crippen LogP contribution is 2.35. The molecule has 4 N–H and O–H groups in total. The predicted molar refractivity (Wildman–Crippen MR) is 161 cm³/mol. The molecule has 4 aromatic rings. The van der Waals surface area contributed by atoms with E-state index < -0.39 is 24.6 Å². The summed E-state index contributed by atoms with van der Waals surface area (Å²) in [6.07, 6.45) is -0.677. The molecule has 3 aromatic carbocycles. The molecule has 7 nitrogen and oxygen atoms in total. The van der Waals surface area contributed by atoms with E-state index >= 15 is 0 Å². The molecule has 0 radical (unpaired) electrons. The molecule has 4 rings (SSSR count). The third kappa shape index (κ3) is 7.93. The number of carboxylic acids is 1. The van der Waals surface area contributed by atoms with Crippen molar-refractivity contribution >= 4 is 17.6 Å². The van der Waals surface area contributed by atoms with Crippen LogP contribution in [0.4, 0.5) is 10.1 Å². The maximum Gasteiger partial charge on any atom is 0.305 e. The smallest absolute Gasteiger partial charge is 0.305 e. The first-order valence-corrected chi connectivity index (χ1v) is 14.2. The fraction of sp³-hybridized carbons (Fsp3) is 0.294. The van der Waals surface area contributed by atoms with E-state index in [2.05, 4.69) is 5.32 Å². The van der Waals surface area contributed by atoms with Crippen LogP contribution in [0.5, 0.6) is 0 Å². The minimum absolute atomic E-state index is 0.0802. The van der Waals surface area contributed by atoms with Crippen molar-refractivity contribution < 1.29 is 29.3 Å². The SMILES string of the molecule is CCc1c(C(=O)Nc2ccccc2)c(CCc2ccccc2)c(-c2ccc(F)cc2)n1CC[C@@H](O)C[C@@H](O)CC(=O)O. The van der Waals surface area contributed by atoms with Crippen molar-refractivity contribution in [2.45, 2.75) is 64.2 Å². The summed E-state index contributed by atoms with van der Waals surface area (Å²) in [4.78, 5) is 24.9. The van der Waals surface area contributed by atoms with Crippen molar-refractivity contribution in [3.05, 3.63) is 113 Å². The van der Waals surface area contributed by atoms with Crippen molar-refractivity contribution in [2.24, 2.45) is 0 Å². The number of hydrogen-bond donors (Lipinski definition) is 4. The lowest BCUT2D eigenvalue weighted by molar-refractivity contribution is -0.139. The van der Waals surface area contributed by atoms with Gasteiger partial charge in [0.15, 0.2) is 0 Å². The fourth-order valence-corrected chi connectivity index (χ4v) is 5.41. The first-order chi connectivity index (χ1) is 20.3. The zero-order valence-electron chi connectivity index (χ0n) is 23.7. The van der Waals surface area contributed by atoms with Gasteiger partial charge in [-0.15, -0.1) is 0 Å². The zero-order chi connectivity index (χ0) is 30.1. The highest BCUT2D eigenvalue weighted by atomic mass is 19.1. The number of carboxylic acid groups (broad SMARTS) is 1. The average molecular weight is 573 g/mol. The molecule has 0 saturated heterocycles. The maximum atomic E-state index is 14.0. The van der Waals surface area contributed by atoms with Crippen LogP contribution in [-0.4, -0.2) is 44.0 Å². The number of halogens is 1. The van der Waals surface area contributed by atoms with E-state index in [4.69, 9.17) is 5.11 Å². The van der Waals surface area contributed by atoms with E-state index in [0.29, 0.717) is 37.1 Å². The number of nitrogens with one attached hydrogen (secondary N) is 1. The summed E-state index contributed by atoms with van der Waals surface area (Å²) in [5.74, 6) is -1.76. The Labute approximate surface area is 245 Å². The number of aliphatic hydroxyl groups excluding tert-OH is 2. The van der Waals surface area contributed by atoms with Crippen molar-refractivity contribution in [3.63, 3.8) is 0 Å². The van der Waals surface area contributed by atoms with Gasteiger partial charge in [0.1, 0.15) is 5.82 Å². The first kappa shape index (κ1) is 30.7. The second-order valence-electron chi connectivity index (χ2n) is 10.4. The second kappa shape index (κ2) is 14.6. The normalized spacial score (nSPS) is 12.6. The molecule has 0 fully saturated rings. The standard InChI is InChI=1S/C34H37FN2O5/c1-2-30-32(34(42)36-26-11-7-4-8-12-26)29(18-13-23-9-5-3-6-10-23)33(24-14-16-25(35)17-15-24)37(30)20-19-27(38)21-28(39)22-31(40)41/h3-12,14-17,27-28,38-39H,2,13,18-22H2,1H3,(H,36,42)(H,40,41)/t27-,28-/m1/s1. The van der Waals surface area contributed by atoms with E-state index in [-0.39, 0.29) is 24.6 Å². The Bertz CT molecular complexity index is 1470. The topological polar surface area (TPSA) is 112 Å². The Morgan fingerprint density at radius 3 is 2.14 bits per heavy atom. The van der Waals surface area contributed by atoms with Crippen LogP contribution in [0.15, 0.2) is 84.9 Å². The fourth-order valence-electron chi connectivity index (χ4n) is 5.41. The third-order valence-electron chi connectivity index (χ3n) is 7.33. The van der Waals surface area contributed by atoms with Gasteiger partial charge in [-0.3, -0.25) is 9.59 Å². The molecule has 0 aliphatic carbocycles. The van der Waals surface area contributed by atoms with E-state index in [1.165, 1.54) is 12.1 Å². The van der Waals surface area contributed by atoms with Crippen LogP contribution in [0.25, 0.3) is 11.3 Å². The quantitative estimate of drug-likeness (QED) is 0.151. The number of carbonyl (C=O) groups excluding carboxylic acids is 1. The molecule has 0 unspecified atom stereocenters. The number of anilines is 1. The number of aliphatic carboxylic acids is 1. The van der Waals surface area contributed by atoms with E-state index in [1.807, 2.05) is 72.2 Å². The minimum atomic E-state index is -1.17.